The van der Waals surface area contributed by atoms with Gasteiger partial charge >= 0.3 is 0 Å². The van der Waals surface area contributed by atoms with E-state index in [9.17, 15) is 0 Å². The fourth-order valence-electron chi connectivity index (χ4n) is 2.87. The van der Waals surface area contributed by atoms with E-state index in [-0.39, 0.29) is 0 Å². The summed E-state index contributed by atoms with van der Waals surface area (Å²) >= 11 is 3.65. The van der Waals surface area contributed by atoms with Crippen LogP contribution in [0.1, 0.15) is 30.1 Å². The lowest BCUT2D eigenvalue weighted by Crippen LogP contribution is -2.41. The highest BCUT2D eigenvalue weighted by Crippen LogP contribution is 2.39. The molecule has 2 aromatic rings. The Hall–Kier alpha value is -1.13. The molecule has 1 aromatic carbocycles. The third-order valence-electron chi connectivity index (χ3n) is 4.19. The quantitative estimate of drug-likeness (QED) is 0.910. The van der Waals surface area contributed by atoms with E-state index in [0.717, 1.165) is 18.8 Å². The van der Waals surface area contributed by atoms with Crippen molar-refractivity contribution in [2.24, 2.45) is 7.05 Å². The van der Waals surface area contributed by atoms with Crippen molar-refractivity contribution in [1.29, 1.82) is 0 Å². The summed E-state index contributed by atoms with van der Waals surface area (Å²) in [4.78, 5) is 4.35. The van der Waals surface area contributed by atoms with Crippen molar-refractivity contribution in [3.8, 4) is 0 Å². The molecule has 0 amide bonds. The highest BCUT2D eigenvalue weighted by atomic mass is 79.9. The fourth-order valence-corrected chi connectivity index (χ4v) is 3.48. The Morgan fingerprint density at radius 2 is 2.15 bits per heavy atom. The van der Waals surface area contributed by atoms with Crippen molar-refractivity contribution in [2.45, 2.75) is 31.2 Å². The van der Waals surface area contributed by atoms with Crippen LogP contribution < -0.4 is 5.32 Å². The van der Waals surface area contributed by atoms with Gasteiger partial charge in [-0.1, -0.05) is 34.1 Å². The molecule has 0 atom stereocenters. The van der Waals surface area contributed by atoms with Crippen LogP contribution in [-0.2, 0) is 13.5 Å². The summed E-state index contributed by atoms with van der Waals surface area (Å²) in [6, 6.07) is 9.24. The van der Waals surface area contributed by atoms with Crippen LogP contribution in [0, 0.1) is 0 Å². The summed E-state index contributed by atoms with van der Waals surface area (Å²) in [5.41, 5.74) is 1.45. The van der Waals surface area contributed by atoms with Gasteiger partial charge in [0.15, 0.2) is 0 Å². The molecule has 1 heterocycles. The van der Waals surface area contributed by atoms with Crippen molar-refractivity contribution in [2.75, 3.05) is 6.54 Å². The topological polar surface area (TPSA) is 29.9 Å². The lowest BCUT2D eigenvalue weighted by molar-refractivity contribution is 0.291. The fraction of sp³-hybridized carbons (Fsp3) is 0.438. The van der Waals surface area contributed by atoms with E-state index in [4.69, 9.17) is 0 Å². The zero-order valence-corrected chi connectivity index (χ0v) is 13.3. The molecule has 0 bridgehead atoms. The average Bonchev–Trinajstić information content (AvgIpc) is 2.79. The van der Waals surface area contributed by atoms with Crippen LogP contribution in [0.2, 0.25) is 0 Å². The zero-order valence-electron chi connectivity index (χ0n) is 11.7. The smallest absolute Gasteiger partial charge is 0.109 e. The molecule has 1 saturated carbocycles. The Balaban J connectivity index is 1.43. The van der Waals surface area contributed by atoms with Crippen LogP contribution in [0.5, 0.6) is 0 Å². The normalized spacial score (nSPS) is 21.7. The molecule has 1 aliphatic rings. The van der Waals surface area contributed by atoms with Crippen molar-refractivity contribution < 1.29 is 0 Å². The van der Waals surface area contributed by atoms with Crippen molar-refractivity contribution >= 4 is 15.9 Å². The maximum Gasteiger partial charge on any atom is 0.109 e. The second kappa shape index (κ2) is 6.10. The molecule has 0 radical (unpaired) electrons. The number of halogens is 1. The molecule has 0 saturated heterocycles. The number of imidazole rings is 1. The first-order valence-corrected chi connectivity index (χ1v) is 7.97. The molecule has 0 spiro atoms. The molecule has 1 N–H and O–H groups in total. The first-order valence-electron chi connectivity index (χ1n) is 7.18. The van der Waals surface area contributed by atoms with Gasteiger partial charge in [-0.15, -0.1) is 0 Å². The molecule has 1 aromatic heterocycles. The minimum atomic E-state index is 0.660. The number of aryl methyl sites for hydroxylation is 1. The van der Waals surface area contributed by atoms with E-state index in [1.807, 2.05) is 12.4 Å². The highest BCUT2D eigenvalue weighted by molar-refractivity contribution is 9.10. The summed E-state index contributed by atoms with van der Waals surface area (Å²) in [6.07, 6.45) is 7.34. The average molecular weight is 334 g/mol. The Morgan fingerprint density at radius 1 is 1.35 bits per heavy atom. The summed E-state index contributed by atoms with van der Waals surface area (Å²) < 4.78 is 3.34. The van der Waals surface area contributed by atoms with Gasteiger partial charge in [0.2, 0.25) is 0 Å². The molecule has 0 aliphatic heterocycles. The van der Waals surface area contributed by atoms with Crippen LogP contribution >= 0.6 is 15.9 Å². The van der Waals surface area contributed by atoms with Crippen LogP contribution in [0.4, 0.5) is 0 Å². The molecular weight excluding hydrogens is 314 g/mol. The SMILES string of the molecule is Cn1ccnc1CCNC1CC(c2ccccc2Br)C1. The molecule has 4 heteroatoms. The minimum Gasteiger partial charge on any atom is -0.338 e. The Bertz CT molecular complexity index is 573. The molecule has 106 valence electrons. The maximum absolute atomic E-state index is 4.35. The van der Waals surface area contributed by atoms with Gasteiger partial charge in [-0.2, -0.15) is 0 Å². The van der Waals surface area contributed by atoms with Gasteiger partial charge in [-0.05, 0) is 30.4 Å². The van der Waals surface area contributed by atoms with E-state index in [0.29, 0.717) is 12.0 Å². The molecule has 1 aliphatic carbocycles. The van der Waals surface area contributed by atoms with Gasteiger partial charge in [0.25, 0.3) is 0 Å². The number of hydrogen-bond donors (Lipinski definition) is 1. The van der Waals surface area contributed by atoms with Crippen molar-refractivity contribution in [3.63, 3.8) is 0 Å². The Kier molecular flexibility index (Phi) is 4.22. The zero-order chi connectivity index (χ0) is 13.9. The molecule has 20 heavy (non-hydrogen) atoms. The maximum atomic E-state index is 4.35. The number of rotatable bonds is 5. The standard InChI is InChI=1S/C16H20BrN3/c1-20-9-8-19-16(20)6-7-18-13-10-12(11-13)14-4-2-3-5-15(14)17/h2-5,8-9,12-13,18H,6-7,10-11H2,1H3. The number of nitrogens with one attached hydrogen (secondary N) is 1. The molecule has 3 nitrogen and oxygen atoms in total. The van der Waals surface area contributed by atoms with E-state index in [1.165, 1.54) is 22.9 Å². The molecule has 0 unspecified atom stereocenters. The van der Waals surface area contributed by atoms with E-state index in [2.05, 4.69) is 62.1 Å². The third-order valence-corrected chi connectivity index (χ3v) is 4.91. The first kappa shape index (κ1) is 13.8. The minimum absolute atomic E-state index is 0.660. The Morgan fingerprint density at radius 3 is 2.85 bits per heavy atom. The summed E-state index contributed by atoms with van der Waals surface area (Å²) in [5, 5.41) is 3.64. The third kappa shape index (κ3) is 2.96. The van der Waals surface area contributed by atoms with Gasteiger partial charge in [0, 0.05) is 42.9 Å². The highest BCUT2D eigenvalue weighted by Gasteiger charge is 2.30. The van der Waals surface area contributed by atoms with Gasteiger partial charge < -0.3 is 9.88 Å². The summed E-state index contributed by atoms with van der Waals surface area (Å²) in [5.74, 6) is 1.86. The predicted octanol–water partition coefficient (Wildman–Crippen LogP) is 3.26. The monoisotopic (exact) mass is 333 g/mol. The first-order chi connectivity index (χ1) is 9.74. The molecular formula is C16H20BrN3. The number of nitrogens with zero attached hydrogens (tertiary/aromatic N) is 2. The van der Waals surface area contributed by atoms with E-state index in [1.54, 1.807) is 0 Å². The van der Waals surface area contributed by atoms with Crippen LogP contribution in [0.3, 0.4) is 0 Å². The Labute approximate surface area is 128 Å². The lowest BCUT2D eigenvalue weighted by atomic mass is 9.76. The van der Waals surface area contributed by atoms with Crippen molar-refractivity contribution in [3.05, 3.63) is 52.5 Å². The van der Waals surface area contributed by atoms with Gasteiger partial charge in [-0.25, -0.2) is 4.98 Å². The van der Waals surface area contributed by atoms with Gasteiger partial charge in [0.05, 0.1) is 0 Å². The van der Waals surface area contributed by atoms with Crippen LogP contribution in [0.15, 0.2) is 41.1 Å². The van der Waals surface area contributed by atoms with Crippen molar-refractivity contribution in [1.82, 2.24) is 14.9 Å². The molecule has 1 fully saturated rings. The van der Waals surface area contributed by atoms with Crippen LogP contribution in [0.25, 0.3) is 0 Å². The van der Waals surface area contributed by atoms with Gasteiger partial charge in [-0.3, -0.25) is 0 Å². The van der Waals surface area contributed by atoms with Gasteiger partial charge in [0.1, 0.15) is 5.82 Å². The largest absolute Gasteiger partial charge is 0.338 e. The lowest BCUT2D eigenvalue weighted by Gasteiger charge is -2.37. The molecule has 3 rings (SSSR count). The second-order valence-electron chi connectivity index (χ2n) is 5.55. The van der Waals surface area contributed by atoms with E-state index >= 15 is 0 Å². The predicted molar refractivity (Wildman–Crippen MR) is 84.8 cm³/mol. The number of aromatic nitrogens is 2. The number of benzene rings is 1. The number of hydrogen-bond acceptors (Lipinski definition) is 2. The summed E-state index contributed by atoms with van der Waals surface area (Å²) in [6.45, 7) is 1.01. The second-order valence-corrected chi connectivity index (χ2v) is 6.40. The van der Waals surface area contributed by atoms with Crippen LogP contribution in [-0.4, -0.2) is 22.1 Å². The summed E-state index contributed by atoms with van der Waals surface area (Å²) in [7, 11) is 2.05. The van der Waals surface area contributed by atoms with E-state index < -0.39 is 0 Å².